The second-order valence-corrected chi connectivity index (χ2v) is 6.97. The molecule has 1 N–H and O–H groups in total. The standard InChI is InChI=1S/C19H23NO4S/c1-12-5-7-16(8-6-12)25-10-9-20-17(21)11-23-19(22)18-13(2)14(3)24-15(18)4/h5-8H,9-11H2,1-4H3,(H,20,21). The molecule has 1 heterocycles. The summed E-state index contributed by atoms with van der Waals surface area (Å²) in [5, 5.41) is 2.75. The number of amides is 1. The van der Waals surface area contributed by atoms with Crippen LogP contribution in [-0.4, -0.2) is 30.8 Å². The summed E-state index contributed by atoms with van der Waals surface area (Å²) in [5.41, 5.74) is 2.37. The van der Waals surface area contributed by atoms with Gasteiger partial charge in [0.15, 0.2) is 6.61 Å². The zero-order valence-electron chi connectivity index (χ0n) is 15.0. The van der Waals surface area contributed by atoms with E-state index in [0.717, 1.165) is 16.2 Å². The van der Waals surface area contributed by atoms with Gasteiger partial charge in [0.25, 0.3) is 5.91 Å². The molecular formula is C19H23NO4S. The Labute approximate surface area is 152 Å². The first-order chi connectivity index (χ1) is 11.9. The quantitative estimate of drug-likeness (QED) is 0.464. The number of benzene rings is 1. The lowest BCUT2D eigenvalue weighted by Crippen LogP contribution is -2.30. The van der Waals surface area contributed by atoms with Gasteiger partial charge in [0.05, 0.1) is 0 Å². The molecule has 0 fully saturated rings. The number of nitrogens with one attached hydrogen (secondary N) is 1. The van der Waals surface area contributed by atoms with E-state index in [0.29, 0.717) is 23.6 Å². The summed E-state index contributed by atoms with van der Waals surface area (Å²) in [5.74, 6) is 1.10. The Morgan fingerprint density at radius 3 is 2.36 bits per heavy atom. The summed E-state index contributed by atoms with van der Waals surface area (Å²) in [6, 6.07) is 8.23. The van der Waals surface area contributed by atoms with Crippen LogP contribution in [-0.2, 0) is 9.53 Å². The molecule has 2 aromatic rings. The van der Waals surface area contributed by atoms with Crippen molar-refractivity contribution in [2.45, 2.75) is 32.6 Å². The number of hydrogen-bond acceptors (Lipinski definition) is 5. The van der Waals surface area contributed by atoms with E-state index in [1.165, 1.54) is 5.56 Å². The lowest BCUT2D eigenvalue weighted by Gasteiger charge is -2.07. The van der Waals surface area contributed by atoms with Gasteiger partial charge in [-0.15, -0.1) is 11.8 Å². The molecule has 0 bridgehead atoms. The Balaban J connectivity index is 1.70. The first-order valence-electron chi connectivity index (χ1n) is 8.08. The van der Waals surface area contributed by atoms with Gasteiger partial charge >= 0.3 is 5.97 Å². The van der Waals surface area contributed by atoms with Crippen molar-refractivity contribution < 1.29 is 18.7 Å². The van der Waals surface area contributed by atoms with Crippen LogP contribution in [0.25, 0.3) is 0 Å². The number of ether oxygens (including phenoxy) is 1. The van der Waals surface area contributed by atoms with E-state index in [9.17, 15) is 9.59 Å². The monoisotopic (exact) mass is 361 g/mol. The number of esters is 1. The predicted molar refractivity (Wildman–Crippen MR) is 98.1 cm³/mol. The molecule has 1 amide bonds. The average Bonchev–Trinajstić information content (AvgIpc) is 2.83. The van der Waals surface area contributed by atoms with Gasteiger partial charge in [-0.25, -0.2) is 4.79 Å². The summed E-state index contributed by atoms with van der Waals surface area (Å²) >= 11 is 1.66. The van der Waals surface area contributed by atoms with Crippen LogP contribution in [0.3, 0.4) is 0 Å². The Hall–Kier alpha value is -2.21. The van der Waals surface area contributed by atoms with Crippen molar-refractivity contribution in [2.24, 2.45) is 0 Å². The molecule has 5 nitrogen and oxygen atoms in total. The van der Waals surface area contributed by atoms with Gasteiger partial charge in [0, 0.05) is 22.8 Å². The summed E-state index contributed by atoms with van der Waals surface area (Å²) in [7, 11) is 0. The number of furan rings is 1. The van der Waals surface area contributed by atoms with Gasteiger partial charge in [-0.05, 0) is 39.8 Å². The lowest BCUT2D eigenvalue weighted by molar-refractivity contribution is -0.124. The number of thioether (sulfide) groups is 1. The van der Waals surface area contributed by atoms with Crippen molar-refractivity contribution in [1.29, 1.82) is 0 Å². The fourth-order valence-electron chi connectivity index (χ4n) is 2.34. The molecule has 1 aromatic heterocycles. The second kappa shape index (κ2) is 8.76. The maximum atomic E-state index is 12.1. The van der Waals surface area contributed by atoms with Gasteiger partial charge < -0.3 is 14.5 Å². The van der Waals surface area contributed by atoms with E-state index in [1.807, 2.05) is 6.92 Å². The largest absolute Gasteiger partial charge is 0.465 e. The molecule has 134 valence electrons. The summed E-state index contributed by atoms with van der Waals surface area (Å²) in [4.78, 5) is 25.0. The highest BCUT2D eigenvalue weighted by atomic mass is 32.2. The molecule has 2 rings (SSSR count). The molecule has 0 saturated carbocycles. The van der Waals surface area contributed by atoms with Gasteiger partial charge in [-0.1, -0.05) is 17.7 Å². The molecule has 0 aliphatic heterocycles. The first kappa shape index (κ1) is 19.1. The molecule has 0 saturated heterocycles. The number of aryl methyl sites for hydroxylation is 3. The number of hydrogen-bond donors (Lipinski definition) is 1. The first-order valence-corrected chi connectivity index (χ1v) is 9.07. The van der Waals surface area contributed by atoms with Crippen molar-refractivity contribution in [2.75, 3.05) is 18.9 Å². The minimum Gasteiger partial charge on any atom is -0.465 e. The van der Waals surface area contributed by atoms with Crippen LogP contribution in [0.2, 0.25) is 0 Å². The molecule has 0 radical (unpaired) electrons. The van der Waals surface area contributed by atoms with Gasteiger partial charge in [-0.2, -0.15) is 0 Å². The maximum Gasteiger partial charge on any atom is 0.342 e. The number of carbonyl (C=O) groups excluding carboxylic acids is 2. The molecule has 1 aromatic carbocycles. The zero-order valence-corrected chi connectivity index (χ0v) is 15.8. The third-order valence-corrected chi connectivity index (χ3v) is 4.83. The number of rotatable bonds is 7. The third kappa shape index (κ3) is 5.39. The fraction of sp³-hybridized carbons (Fsp3) is 0.368. The summed E-state index contributed by atoms with van der Waals surface area (Å²) in [6.07, 6.45) is 0. The molecule has 25 heavy (non-hydrogen) atoms. The highest BCUT2D eigenvalue weighted by Gasteiger charge is 2.20. The highest BCUT2D eigenvalue weighted by Crippen LogP contribution is 2.21. The molecule has 0 aliphatic rings. The van der Waals surface area contributed by atoms with Crippen molar-refractivity contribution in [3.05, 3.63) is 52.5 Å². The number of carbonyl (C=O) groups is 2. The van der Waals surface area contributed by atoms with E-state index >= 15 is 0 Å². The van der Waals surface area contributed by atoms with E-state index < -0.39 is 5.97 Å². The zero-order chi connectivity index (χ0) is 18.4. The Morgan fingerprint density at radius 2 is 1.76 bits per heavy atom. The van der Waals surface area contributed by atoms with Gasteiger partial charge in [0.1, 0.15) is 17.1 Å². The van der Waals surface area contributed by atoms with Gasteiger partial charge in [-0.3, -0.25) is 4.79 Å². The Kier molecular flexibility index (Phi) is 6.70. The predicted octanol–water partition coefficient (Wildman–Crippen LogP) is 3.58. The van der Waals surface area contributed by atoms with Crippen molar-refractivity contribution >= 4 is 23.6 Å². The van der Waals surface area contributed by atoms with Crippen LogP contribution in [0.5, 0.6) is 0 Å². The van der Waals surface area contributed by atoms with Crippen LogP contribution < -0.4 is 5.32 Å². The SMILES string of the molecule is Cc1ccc(SCCNC(=O)COC(=O)c2c(C)oc(C)c2C)cc1. The van der Waals surface area contributed by atoms with Crippen LogP contribution in [0.4, 0.5) is 0 Å². The minimum absolute atomic E-state index is 0.295. The van der Waals surface area contributed by atoms with E-state index in [2.05, 4.69) is 29.6 Å². The topological polar surface area (TPSA) is 68.5 Å². The smallest absolute Gasteiger partial charge is 0.342 e. The van der Waals surface area contributed by atoms with Crippen LogP contribution in [0, 0.1) is 27.7 Å². The maximum absolute atomic E-state index is 12.1. The fourth-order valence-corrected chi connectivity index (χ4v) is 3.11. The summed E-state index contributed by atoms with van der Waals surface area (Å²) < 4.78 is 10.5. The Morgan fingerprint density at radius 1 is 1.08 bits per heavy atom. The van der Waals surface area contributed by atoms with Crippen LogP contribution >= 0.6 is 11.8 Å². The van der Waals surface area contributed by atoms with Crippen molar-refractivity contribution in [1.82, 2.24) is 5.32 Å². The van der Waals surface area contributed by atoms with E-state index in [-0.39, 0.29) is 12.5 Å². The molecular weight excluding hydrogens is 338 g/mol. The average molecular weight is 361 g/mol. The molecule has 0 unspecified atom stereocenters. The minimum atomic E-state index is -0.531. The second-order valence-electron chi connectivity index (χ2n) is 5.80. The normalized spacial score (nSPS) is 10.6. The lowest BCUT2D eigenvalue weighted by atomic mass is 10.1. The Bertz CT molecular complexity index is 750. The highest BCUT2D eigenvalue weighted by molar-refractivity contribution is 7.99. The third-order valence-electron chi connectivity index (χ3n) is 3.81. The van der Waals surface area contributed by atoms with Gasteiger partial charge in [0.2, 0.25) is 0 Å². The molecule has 0 atom stereocenters. The van der Waals surface area contributed by atoms with Crippen molar-refractivity contribution in [3.8, 4) is 0 Å². The van der Waals surface area contributed by atoms with Crippen LogP contribution in [0.15, 0.2) is 33.6 Å². The molecule has 6 heteroatoms. The molecule has 0 aliphatic carbocycles. The summed E-state index contributed by atoms with van der Waals surface area (Å²) in [6.45, 7) is 7.56. The van der Waals surface area contributed by atoms with Crippen molar-refractivity contribution in [3.63, 3.8) is 0 Å². The van der Waals surface area contributed by atoms with E-state index in [1.54, 1.807) is 32.5 Å². The van der Waals surface area contributed by atoms with E-state index in [4.69, 9.17) is 9.15 Å². The molecule has 0 spiro atoms. The van der Waals surface area contributed by atoms with Crippen LogP contribution in [0.1, 0.15) is 33.0 Å².